The molecule has 0 amide bonds. The molecule has 1 aliphatic rings. The first-order valence-corrected chi connectivity index (χ1v) is 5.13. The van der Waals surface area contributed by atoms with Gasteiger partial charge in [0.1, 0.15) is 0 Å². The summed E-state index contributed by atoms with van der Waals surface area (Å²) in [6, 6.07) is 0. The molecule has 0 aromatic heterocycles. The van der Waals surface area contributed by atoms with Gasteiger partial charge in [-0.15, -0.1) is 0 Å². The molecule has 1 aliphatic carbocycles. The highest BCUT2D eigenvalue weighted by Gasteiger charge is 2.20. The number of carbonyl (C=O) groups is 2. The van der Waals surface area contributed by atoms with Gasteiger partial charge in [0.15, 0.2) is 0 Å². The van der Waals surface area contributed by atoms with Crippen LogP contribution in [-0.2, 0) is 9.59 Å². The zero-order chi connectivity index (χ0) is 12.1. The highest BCUT2D eigenvalue weighted by molar-refractivity contribution is 5.96. The Morgan fingerprint density at radius 1 is 1.31 bits per heavy atom. The molecular formula is C12H14O4. The van der Waals surface area contributed by atoms with Crippen molar-refractivity contribution in [2.75, 3.05) is 0 Å². The Bertz CT molecular complexity index is 399. The van der Waals surface area contributed by atoms with E-state index >= 15 is 0 Å². The van der Waals surface area contributed by atoms with Crippen LogP contribution in [0.3, 0.4) is 0 Å². The average Bonchev–Trinajstić information content (AvgIpc) is 2.25. The fourth-order valence-electron chi connectivity index (χ4n) is 1.51. The van der Waals surface area contributed by atoms with Gasteiger partial charge in [-0.05, 0) is 18.1 Å². The van der Waals surface area contributed by atoms with Crippen LogP contribution in [-0.4, -0.2) is 22.2 Å². The lowest BCUT2D eigenvalue weighted by Crippen LogP contribution is -2.11. The van der Waals surface area contributed by atoms with Crippen molar-refractivity contribution in [3.8, 4) is 0 Å². The van der Waals surface area contributed by atoms with Gasteiger partial charge >= 0.3 is 11.9 Å². The van der Waals surface area contributed by atoms with Crippen LogP contribution in [0.4, 0.5) is 0 Å². The van der Waals surface area contributed by atoms with E-state index < -0.39 is 11.9 Å². The van der Waals surface area contributed by atoms with Crippen molar-refractivity contribution in [1.29, 1.82) is 0 Å². The van der Waals surface area contributed by atoms with E-state index in [2.05, 4.69) is 0 Å². The lowest BCUT2D eigenvalue weighted by Gasteiger charge is -2.13. The first kappa shape index (κ1) is 12.2. The van der Waals surface area contributed by atoms with Gasteiger partial charge in [0.05, 0.1) is 5.57 Å². The lowest BCUT2D eigenvalue weighted by molar-refractivity contribution is -0.134. The van der Waals surface area contributed by atoms with Crippen molar-refractivity contribution < 1.29 is 19.8 Å². The van der Waals surface area contributed by atoms with Gasteiger partial charge in [0.2, 0.25) is 0 Å². The molecule has 0 radical (unpaired) electrons. The smallest absolute Gasteiger partial charge is 0.335 e. The van der Waals surface area contributed by atoms with Crippen LogP contribution in [0.5, 0.6) is 0 Å². The van der Waals surface area contributed by atoms with E-state index in [1.54, 1.807) is 6.08 Å². The van der Waals surface area contributed by atoms with E-state index in [0.29, 0.717) is 5.57 Å². The molecule has 4 nitrogen and oxygen atoms in total. The Hall–Kier alpha value is -1.84. The minimum absolute atomic E-state index is 0.188. The molecular weight excluding hydrogens is 208 g/mol. The number of hydrogen-bond donors (Lipinski definition) is 2. The number of carboxylic acids is 2. The molecule has 0 spiro atoms. The van der Waals surface area contributed by atoms with Crippen molar-refractivity contribution in [3.05, 3.63) is 34.9 Å². The molecule has 0 aromatic carbocycles. The van der Waals surface area contributed by atoms with Gasteiger partial charge in [0, 0.05) is 12.0 Å². The van der Waals surface area contributed by atoms with Crippen LogP contribution in [0, 0.1) is 0 Å². The SMILES string of the molecule is CCCC=C1CC(C(=O)O)=CC=C1C(=O)O. The third-order valence-corrected chi connectivity index (χ3v) is 2.36. The normalized spacial score (nSPS) is 17.9. The topological polar surface area (TPSA) is 74.6 Å². The first-order valence-electron chi connectivity index (χ1n) is 5.13. The van der Waals surface area contributed by atoms with Crippen LogP contribution in [0.2, 0.25) is 0 Å². The van der Waals surface area contributed by atoms with E-state index in [0.717, 1.165) is 12.8 Å². The first-order chi connectivity index (χ1) is 7.56. The fraction of sp³-hybridized carbons (Fsp3) is 0.333. The van der Waals surface area contributed by atoms with Crippen molar-refractivity contribution in [2.45, 2.75) is 26.2 Å². The molecule has 86 valence electrons. The highest BCUT2D eigenvalue weighted by Crippen LogP contribution is 2.25. The van der Waals surface area contributed by atoms with Gasteiger partial charge in [-0.2, -0.15) is 0 Å². The largest absolute Gasteiger partial charge is 0.478 e. The third-order valence-electron chi connectivity index (χ3n) is 2.36. The number of aliphatic carboxylic acids is 2. The van der Waals surface area contributed by atoms with Crippen LogP contribution in [0.25, 0.3) is 0 Å². The molecule has 0 saturated carbocycles. The van der Waals surface area contributed by atoms with E-state index in [9.17, 15) is 9.59 Å². The number of hydrogen-bond acceptors (Lipinski definition) is 2. The Labute approximate surface area is 93.6 Å². The maximum Gasteiger partial charge on any atom is 0.335 e. The van der Waals surface area contributed by atoms with Crippen LogP contribution in [0.1, 0.15) is 26.2 Å². The van der Waals surface area contributed by atoms with Crippen molar-refractivity contribution in [3.63, 3.8) is 0 Å². The molecule has 0 atom stereocenters. The Balaban J connectivity index is 3.02. The summed E-state index contributed by atoms with van der Waals surface area (Å²) in [4.78, 5) is 21.7. The molecule has 2 N–H and O–H groups in total. The van der Waals surface area contributed by atoms with Crippen LogP contribution in [0.15, 0.2) is 34.9 Å². The quantitative estimate of drug-likeness (QED) is 0.764. The summed E-state index contributed by atoms with van der Waals surface area (Å²) in [6.45, 7) is 1.98. The second kappa shape index (κ2) is 5.30. The number of allylic oxidation sites excluding steroid dienone is 3. The lowest BCUT2D eigenvalue weighted by atomic mass is 9.91. The summed E-state index contributed by atoms with van der Waals surface area (Å²) in [5, 5.41) is 17.8. The number of unbranched alkanes of at least 4 members (excludes halogenated alkanes) is 1. The minimum Gasteiger partial charge on any atom is -0.478 e. The summed E-state index contributed by atoms with van der Waals surface area (Å²) in [7, 11) is 0. The third kappa shape index (κ3) is 2.82. The maximum absolute atomic E-state index is 10.9. The molecule has 0 saturated heterocycles. The molecule has 1 rings (SSSR count). The summed E-state index contributed by atoms with van der Waals surface area (Å²) in [6.07, 6.45) is 6.37. The molecule has 0 aromatic rings. The van der Waals surface area contributed by atoms with Gasteiger partial charge in [-0.25, -0.2) is 9.59 Å². The minimum atomic E-state index is -1.01. The zero-order valence-electron chi connectivity index (χ0n) is 9.06. The van der Waals surface area contributed by atoms with Gasteiger partial charge < -0.3 is 10.2 Å². The number of rotatable bonds is 4. The van der Waals surface area contributed by atoms with E-state index in [-0.39, 0.29) is 17.6 Å². The Kier molecular flexibility index (Phi) is 4.05. The van der Waals surface area contributed by atoms with Crippen molar-refractivity contribution >= 4 is 11.9 Å². The predicted molar refractivity (Wildman–Crippen MR) is 59.0 cm³/mol. The number of carboxylic acid groups (broad SMARTS) is 2. The molecule has 0 aliphatic heterocycles. The average molecular weight is 222 g/mol. The Morgan fingerprint density at radius 2 is 2.00 bits per heavy atom. The van der Waals surface area contributed by atoms with E-state index in [4.69, 9.17) is 10.2 Å². The molecule has 16 heavy (non-hydrogen) atoms. The second-order valence-electron chi connectivity index (χ2n) is 3.58. The second-order valence-corrected chi connectivity index (χ2v) is 3.58. The summed E-state index contributed by atoms with van der Waals surface area (Å²) >= 11 is 0. The van der Waals surface area contributed by atoms with Gasteiger partial charge in [0.25, 0.3) is 0 Å². The van der Waals surface area contributed by atoms with Gasteiger partial charge in [-0.1, -0.05) is 25.5 Å². The van der Waals surface area contributed by atoms with Gasteiger partial charge in [-0.3, -0.25) is 0 Å². The van der Waals surface area contributed by atoms with Crippen molar-refractivity contribution in [1.82, 2.24) is 0 Å². The van der Waals surface area contributed by atoms with E-state index in [1.807, 2.05) is 6.92 Å². The summed E-state index contributed by atoms with van der Waals surface area (Å²) in [5.74, 6) is -2.01. The zero-order valence-corrected chi connectivity index (χ0v) is 9.06. The van der Waals surface area contributed by atoms with Crippen LogP contribution < -0.4 is 0 Å². The molecule has 0 bridgehead atoms. The molecule has 0 heterocycles. The summed E-state index contributed by atoms with van der Waals surface area (Å²) in [5.41, 5.74) is 1.01. The molecule has 0 unspecified atom stereocenters. The summed E-state index contributed by atoms with van der Waals surface area (Å²) < 4.78 is 0. The standard InChI is InChI=1S/C12H14O4/c1-2-3-4-8-7-9(11(13)14)5-6-10(8)12(15)16/h4-6H,2-3,7H2,1H3,(H,13,14)(H,15,16). The Morgan fingerprint density at radius 3 is 2.50 bits per heavy atom. The maximum atomic E-state index is 10.9. The van der Waals surface area contributed by atoms with Crippen LogP contribution >= 0.6 is 0 Å². The predicted octanol–water partition coefficient (Wildman–Crippen LogP) is 2.14. The van der Waals surface area contributed by atoms with E-state index in [1.165, 1.54) is 12.2 Å². The highest BCUT2D eigenvalue weighted by atomic mass is 16.4. The fourth-order valence-corrected chi connectivity index (χ4v) is 1.51. The monoisotopic (exact) mass is 222 g/mol. The molecule has 4 heteroatoms. The molecule has 0 fully saturated rings. The van der Waals surface area contributed by atoms with Crippen molar-refractivity contribution in [2.24, 2.45) is 0 Å².